The number of rotatable bonds is 4. The third kappa shape index (κ3) is 2.62. The van der Waals surface area contributed by atoms with Crippen LogP contribution in [0.25, 0.3) is 0 Å². The Morgan fingerprint density at radius 2 is 1.95 bits per heavy atom. The molecule has 0 spiro atoms. The van der Waals surface area contributed by atoms with Gasteiger partial charge in [0, 0.05) is 7.05 Å². The van der Waals surface area contributed by atoms with Gasteiger partial charge in [0.2, 0.25) is 0 Å². The Bertz CT molecular complexity index is 553. The fraction of sp³-hybridized carbons (Fsp3) is 0.308. The Kier molecular flexibility index (Phi) is 3.99. The molecule has 1 aliphatic rings. The minimum atomic E-state index is -0.433. The molecule has 0 unspecified atom stereocenters. The first-order valence-corrected chi connectivity index (χ1v) is 5.93. The van der Waals surface area contributed by atoms with Gasteiger partial charge in [-0.05, 0) is 24.3 Å². The number of hydroxylamine groups is 2. The van der Waals surface area contributed by atoms with Crippen LogP contribution in [-0.4, -0.2) is 43.9 Å². The number of methoxy groups -OCH3 is 1. The van der Waals surface area contributed by atoms with Crippen molar-refractivity contribution in [2.24, 2.45) is 5.10 Å². The minimum Gasteiger partial charge on any atom is -0.497 e. The third-order valence-electron chi connectivity index (χ3n) is 2.90. The maximum absolute atomic E-state index is 11.9. The molecule has 7 heteroatoms. The van der Waals surface area contributed by atoms with Gasteiger partial charge in [-0.2, -0.15) is 10.1 Å². The highest BCUT2D eigenvalue weighted by atomic mass is 16.7. The molecule has 1 aliphatic heterocycles. The van der Waals surface area contributed by atoms with E-state index in [4.69, 9.17) is 9.57 Å². The van der Waals surface area contributed by atoms with E-state index < -0.39 is 5.91 Å². The van der Waals surface area contributed by atoms with Crippen molar-refractivity contribution >= 4 is 23.2 Å². The fourth-order valence-electron chi connectivity index (χ4n) is 1.74. The molecule has 0 atom stereocenters. The molecule has 7 nitrogen and oxygen atoms in total. The molecule has 20 heavy (non-hydrogen) atoms. The maximum atomic E-state index is 11.9. The highest BCUT2D eigenvalue weighted by molar-refractivity contribution is 6.44. The summed E-state index contributed by atoms with van der Waals surface area (Å²) < 4.78 is 5.05. The average Bonchev–Trinajstić information content (AvgIpc) is 2.87. The first-order valence-electron chi connectivity index (χ1n) is 5.93. The lowest BCUT2D eigenvalue weighted by Crippen LogP contribution is -2.31. The molecule has 0 saturated carbocycles. The Balaban J connectivity index is 2.21. The van der Waals surface area contributed by atoms with E-state index in [0.29, 0.717) is 11.4 Å². The normalized spacial score (nSPS) is 14.2. The highest BCUT2D eigenvalue weighted by Crippen LogP contribution is 2.23. The van der Waals surface area contributed by atoms with Gasteiger partial charge in [-0.25, -0.2) is 5.06 Å². The van der Waals surface area contributed by atoms with Gasteiger partial charge in [-0.3, -0.25) is 14.4 Å². The predicted molar refractivity (Wildman–Crippen MR) is 72.3 cm³/mol. The number of carbonyl (C=O) groups excluding carboxylic acids is 2. The van der Waals surface area contributed by atoms with E-state index in [1.54, 1.807) is 31.4 Å². The van der Waals surface area contributed by atoms with E-state index in [1.807, 2.05) is 0 Å². The summed E-state index contributed by atoms with van der Waals surface area (Å²) in [6.07, 6.45) is -0.0431. The quantitative estimate of drug-likeness (QED) is 0.763. The van der Waals surface area contributed by atoms with E-state index in [9.17, 15) is 9.59 Å². The molecular weight excluding hydrogens is 262 g/mol. The van der Waals surface area contributed by atoms with Crippen molar-refractivity contribution in [1.29, 1.82) is 0 Å². The summed E-state index contributed by atoms with van der Waals surface area (Å²) in [5.74, 6) is -0.0142. The van der Waals surface area contributed by atoms with E-state index >= 15 is 0 Å². The van der Waals surface area contributed by atoms with Crippen LogP contribution in [0.1, 0.15) is 6.42 Å². The Labute approximate surface area is 116 Å². The predicted octanol–water partition coefficient (Wildman–Crippen LogP) is 0.808. The second-order valence-corrected chi connectivity index (χ2v) is 4.11. The van der Waals surface area contributed by atoms with Crippen LogP contribution in [0.3, 0.4) is 0 Å². The molecule has 0 radical (unpaired) electrons. The molecule has 1 heterocycles. The number of nitrogens with zero attached hydrogens (tertiary/aromatic N) is 3. The first-order chi connectivity index (χ1) is 9.56. The van der Waals surface area contributed by atoms with Gasteiger partial charge >= 0.3 is 0 Å². The number of amides is 2. The van der Waals surface area contributed by atoms with Crippen molar-refractivity contribution < 1.29 is 19.2 Å². The van der Waals surface area contributed by atoms with Gasteiger partial charge in [0.15, 0.2) is 0 Å². The zero-order valence-corrected chi connectivity index (χ0v) is 11.5. The van der Waals surface area contributed by atoms with Crippen LogP contribution in [0.15, 0.2) is 29.4 Å². The molecule has 1 aromatic rings. The largest absolute Gasteiger partial charge is 0.497 e. The molecule has 0 aromatic heterocycles. The number of anilines is 1. The van der Waals surface area contributed by atoms with Gasteiger partial charge in [0.05, 0.1) is 26.3 Å². The molecule has 2 amide bonds. The van der Waals surface area contributed by atoms with Crippen LogP contribution in [-0.2, 0) is 14.4 Å². The molecule has 1 aromatic carbocycles. The Morgan fingerprint density at radius 1 is 1.30 bits per heavy atom. The fourth-order valence-corrected chi connectivity index (χ4v) is 1.74. The molecule has 0 N–H and O–H groups in total. The van der Waals surface area contributed by atoms with E-state index in [0.717, 1.165) is 5.06 Å². The summed E-state index contributed by atoms with van der Waals surface area (Å²) in [6.45, 7) is 0. The maximum Gasteiger partial charge on any atom is 0.293 e. The van der Waals surface area contributed by atoms with Gasteiger partial charge in [0.25, 0.3) is 11.8 Å². The van der Waals surface area contributed by atoms with E-state index in [-0.39, 0.29) is 18.0 Å². The zero-order chi connectivity index (χ0) is 14.7. The van der Waals surface area contributed by atoms with Crippen molar-refractivity contribution in [2.75, 3.05) is 26.3 Å². The smallest absolute Gasteiger partial charge is 0.293 e. The second kappa shape index (κ2) is 5.70. The number of carbonyl (C=O) groups is 2. The van der Waals surface area contributed by atoms with Crippen LogP contribution in [0.2, 0.25) is 0 Å². The van der Waals surface area contributed by atoms with E-state index in [2.05, 4.69) is 5.10 Å². The SMILES string of the molecule is COc1ccc(N2N=C(C(=O)N(C)OC)CC2=O)cc1. The van der Waals surface area contributed by atoms with Crippen molar-refractivity contribution in [3.8, 4) is 5.75 Å². The third-order valence-corrected chi connectivity index (χ3v) is 2.90. The van der Waals surface area contributed by atoms with E-state index in [1.165, 1.54) is 19.2 Å². The molecule has 0 bridgehead atoms. The van der Waals surface area contributed by atoms with Crippen molar-refractivity contribution in [1.82, 2.24) is 5.06 Å². The zero-order valence-electron chi connectivity index (χ0n) is 11.5. The van der Waals surface area contributed by atoms with Crippen LogP contribution in [0.4, 0.5) is 5.69 Å². The Hall–Kier alpha value is -2.41. The molecule has 106 valence electrons. The monoisotopic (exact) mass is 277 g/mol. The number of hydrazone groups is 1. The summed E-state index contributed by atoms with van der Waals surface area (Å²) in [6, 6.07) is 6.85. The van der Waals surface area contributed by atoms with Gasteiger partial charge < -0.3 is 4.74 Å². The second-order valence-electron chi connectivity index (χ2n) is 4.11. The lowest BCUT2D eigenvalue weighted by molar-refractivity contribution is -0.160. The molecule has 0 fully saturated rings. The molecule has 2 rings (SSSR count). The topological polar surface area (TPSA) is 71.4 Å². The number of benzene rings is 1. The van der Waals surface area contributed by atoms with Gasteiger partial charge in [0.1, 0.15) is 11.5 Å². The van der Waals surface area contributed by atoms with Gasteiger partial charge in [-0.1, -0.05) is 0 Å². The standard InChI is InChI=1S/C13H15N3O4/c1-15(20-3)13(18)11-8-12(17)16(14-11)9-4-6-10(19-2)7-5-9/h4-7H,8H2,1-3H3. The van der Waals surface area contributed by atoms with Gasteiger partial charge in [-0.15, -0.1) is 0 Å². The molecule has 0 aliphatic carbocycles. The van der Waals surface area contributed by atoms with Crippen molar-refractivity contribution in [3.05, 3.63) is 24.3 Å². The summed E-state index contributed by atoms with van der Waals surface area (Å²) >= 11 is 0. The molecule has 0 saturated heterocycles. The van der Waals surface area contributed by atoms with Crippen LogP contribution < -0.4 is 9.75 Å². The molecular formula is C13H15N3O4. The van der Waals surface area contributed by atoms with Crippen LogP contribution >= 0.6 is 0 Å². The summed E-state index contributed by atoms with van der Waals surface area (Å²) in [5.41, 5.74) is 0.730. The lowest BCUT2D eigenvalue weighted by atomic mass is 10.2. The number of hydrogen-bond donors (Lipinski definition) is 0. The van der Waals surface area contributed by atoms with Crippen molar-refractivity contribution in [2.45, 2.75) is 6.42 Å². The minimum absolute atomic E-state index is 0.0431. The summed E-state index contributed by atoms with van der Waals surface area (Å²) in [7, 11) is 4.40. The number of ether oxygens (including phenoxy) is 1. The Morgan fingerprint density at radius 3 is 2.50 bits per heavy atom. The van der Waals surface area contributed by atoms with Crippen LogP contribution in [0, 0.1) is 0 Å². The van der Waals surface area contributed by atoms with Crippen molar-refractivity contribution in [3.63, 3.8) is 0 Å². The average molecular weight is 277 g/mol. The first kappa shape index (κ1) is 14.0. The van der Waals surface area contributed by atoms with Crippen LogP contribution in [0.5, 0.6) is 5.75 Å². The lowest BCUT2D eigenvalue weighted by Gasteiger charge is -2.12. The highest BCUT2D eigenvalue weighted by Gasteiger charge is 2.31. The summed E-state index contributed by atoms with van der Waals surface area (Å²) in [4.78, 5) is 28.6. The summed E-state index contributed by atoms with van der Waals surface area (Å²) in [5, 5.41) is 6.29. The number of hydrogen-bond acceptors (Lipinski definition) is 5.